The molecule has 0 radical (unpaired) electrons. The summed E-state index contributed by atoms with van der Waals surface area (Å²) in [6.07, 6.45) is 0.169. The number of nitrogens with zero attached hydrogens (tertiary/aromatic N) is 1. The first-order valence-corrected chi connectivity index (χ1v) is 10.5. The summed E-state index contributed by atoms with van der Waals surface area (Å²) in [4.78, 5) is 24.5. The van der Waals surface area contributed by atoms with E-state index in [-0.39, 0.29) is 29.9 Å². The standard InChI is InChI=1S/C21H17Cl2N3O2S/c1-12-2-7-15(8-18(12)23)25-20(28)11-29-21-17(10-24)16(9-19(27)26-21)13-3-5-14(22)6-4-13/h2-8,16H,9,11H2,1H3,(H,25,28)(H,26,27)/t16-/m0/s1. The number of halogens is 2. The number of allylic oxidation sites excluding steroid dienone is 1. The van der Waals surface area contributed by atoms with Gasteiger partial charge in [-0.2, -0.15) is 5.26 Å². The second-order valence-corrected chi connectivity index (χ2v) is 8.34. The van der Waals surface area contributed by atoms with E-state index in [0.29, 0.717) is 26.3 Å². The Morgan fingerprint density at radius 2 is 2.00 bits per heavy atom. The Bertz CT molecular complexity index is 1030. The molecule has 8 heteroatoms. The molecule has 2 aromatic carbocycles. The van der Waals surface area contributed by atoms with Crippen molar-refractivity contribution in [1.29, 1.82) is 5.26 Å². The van der Waals surface area contributed by atoms with Crippen molar-refractivity contribution in [2.24, 2.45) is 0 Å². The Kier molecular flexibility index (Phi) is 6.86. The summed E-state index contributed by atoms with van der Waals surface area (Å²) in [7, 11) is 0. The lowest BCUT2D eigenvalue weighted by Gasteiger charge is -2.25. The summed E-state index contributed by atoms with van der Waals surface area (Å²) < 4.78 is 0. The van der Waals surface area contributed by atoms with Crippen LogP contribution in [0, 0.1) is 18.3 Å². The lowest BCUT2D eigenvalue weighted by atomic mass is 9.87. The molecule has 0 spiro atoms. The Labute approximate surface area is 183 Å². The van der Waals surface area contributed by atoms with Crippen molar-refractivity contribution >= 4 is 52.5 Å². The number of thioether (sulfide) groups is 1. The van der Waals surface area contributed by atoms with Crippen LogP contribution < -0.4 is 10.6 Å². The van der Waals surface area contributed by atoms with Crippen LogP contribution >= 0.6 is 35.0 Å². The molecule has 0 aromatic heterocycles. The summed E-state index contributed by atoms with van der Waals surface area (Å²) in [6, 6.07) is 14.5. The first-order chi connectivity index (χ1) is 13.9. The number of anilines is 1. The molecule has 0 saturated heterocycles. The Morgan fingerprint density at radius 3 is 2.66 bits per heavy atom. The number of hydrogen-bond donors (Lipinski definition) is 2. The molecule has 0 fully saturated rings. The summed E-state index contributed by atoms with van der Waals surface area (Å²) in [6.45, 7) is 1.88. The van der Waals surface area contributed by atoms with Crippen LogP contribution in [0.2, 0.25) is 10.0 Å². The highest BCUT2D eigenvalue weighted by molar-refractivity contribution is 8.03. The molecule has 1 heterocycles. The van der Waals surface area contributed by atoms with Gasteiger partial charge >= 0.3 is 0 Å². The van der Waals surface area contributed by atoms with Crippen molar-refractivity contribution in [3.8, 4) is 6.07 Å². The average Bonchev–Trinajstić information content (AvgIpc) is 2.69. The third kappa shape index (κ3) is 5.33. The van der Waals surface area contributed by atoms with E-state index in [1.54, 1.807) is 36.4 Å². The molecule has 3 rings (SSSR count). The Hall–Kier alpha value is -2.46. The number of amides is 2. The molecule has 29 heavy (non-hydrogen) atoms. The van der Waals surface area contributed by atoms with Crippen molar-refractivity contribution in [3.63, 3.8) is 0 Å². The van der Waals surface area contributed by atoms with E-state index in [9.17, 15) is 14.9 Å². The minimum atomic E-state index is -0.368. The highest BCUT2D eigenvalue weighted by Crippen LogP contribution is 2.36. The molecule has 2 amide bonds. The highest BCUT2D eigenvalue weighted by atomic mass is 35.5. The minimum absolute atomic E-state index is 0.0413. The topological polar surface area (TPSA) is 82.0 Å². The predicted octanol–water partition coefficient (Wildman–Crippen LogP) is 5.01. The molecule has 0 aliphatic carbocycles. The van der Waals surface area contributed by atoms with E-state index in [1.807, 2.05) is 13.0 Å². The lowest BCUT2D eigenvalue weighted by Crippen LogP contribution is -2.31. The SMILES string of the molecule is Cc1ccc(NC(=O)CSC2=C(C#N)[C@H](c3ccc(Cl)cc3)CC(=O)N2)cc1Cl. The first-order valence-electron chi connectivity index (χ1n) is 8.75. The second-order valence-electron chi connectivity index (χ2n) is 6.51. The van der Waals surface area contributed by atoms with Gasteiger partial charge in [0.15, 0.2) is 0 Å². The van der Waals surface area contributed by atoms with Crippen LogP contribution in [0.4, 0.5) is 5.69 Å². The fourth-order valence-electron chi connectivity index (χ4n) is 2.92. The van der Waals surface area contributed by atoms with E-state index < -0.39 is 0 Å². The zero-order chi connectivity index (χ0) is 21.0. The van der Waals surface area contributed by atoms with Gasteiger partial charge in [-0.1, -0.05) is 53.2 Å². The van der Waals surface area contributed by atoms with Gasteiger partial charge in [0.2, 0.25) is 11.8 Å². The molecule has 0 bridgehead atoms. The van der Waals surface area contributed by atoms with Gasteiger partial charge in [0.25, 0.3) is 0 Å². The third-order valence-electron chi connectivity index (χ3n) is 4.43. The number of hydrogen-bond acceptors (Lipinski definition) is 4. The Morgan fingerprint density at radius 1 is 1.28 bits per heavy atom. The zero-order valence-corrected chi connectivity index (χ0v) is 17.8. The fourth-order valence-corrected chi connectivity index (χ4v) is 4.10. The van der Waals surface area contributed by atoms with Crippen molar-refractivity contribution in [2.45, 2.75) is 19.3 Å². The minimum Gasteiger partial charge on any atom is -0.325 e. The van der Waals surface area contributed by atoms with Crippen LogP contribution in [-0.2, 0) is 9.59 Å². The van der Waals surface area contributed by atoms with Crippen molar-refractivity contribution in [3.05, 3.63) is 74.2 Å². The van der Waals surface area contributed by atoms with E-state index >= 15 is 0 Å². The summed E-state index contributed by atoms with van der Waals surface area (Å²) in [5, 5.41) is 16.7. The van der Waals surface area contributed by atoms with Gasteiger partial charge in [-0.3, -0.25) is 9.59 Å². The van der Waals surface area contributed by atoms with Crippen LogP contribution in [-0.4, -0.2) is 17.6 Å². The van der Waals surface area contributed by atoms with Gasteiger partial charge in [0.1, 0.15) is 0 Å². The normalized spacial score (nSPS) is 16.2. The number of rotatable bonds is 5. The number of nitriles is 1. The monoisotopic (exact) mass is 445 g/mol. The molecule has 2 aromatic rings. The molecule has 1 aliphatic heterocycles. The van der Waals surface area contributed by atoms with Gasteiger partial charge in [-0.05, 0) is 42.3 Å². The van der Waals surface area contributed by atoms with E-state index in [1.165, 1.54) is 0 Å². The third-order valence-corrected chi connectivity index (χ3v) is 6.11. The maximum Gasteiger partial charge on any atom is 0.234 e. The van der Waals surface area contributed by atoms with Gasteiger partial charge in [0.05, 0.1) is 22.4 Å². The van der Waals surface area contributed by atoms with Crippen molar-refractivity contribution < 1.29 is 9.59 Å². The molecule has 148 valence electrons. The molecule has 0 unspecified atom stereocenters. The highest BCUT2D eigenvalue weighted by Gasteiger charge is 2.29. The number of carbonyl (C=O) groups excluding carboxylic acids is 2. The summed E-state index contributed by atoms with van der Waals surface area (Å²) >= 11 is 13.1. The zero-order valence-electron chi connectivity index (χ0n) is 15.5. The van der Waals surface area contributed by atoms with E-state index in [2.05, 4.69) is 16.7 Å². The largest absolute Gasteiger partial charge is 0.325 e. The Balaban J connectivity index is 1.74. The molecule has 0 saturated carbocycles. The van der Waals surface area contributed by atoms with Gasteiger partial charge < -0.3 is 10.6 Å². The van der Waals surface area contributed by atoms with Crippen LogP contribution in [0.5, 0.6) is 0 Å². The fraction of sp³-hybridized carbons (Fsp3) is 0.190. The van der Waals surface area contributed by atoms with Crippen LogP contribution in [0.25, 0.3) is 0 Å². The van der Waals surface area contributed by atoms with E-state index in [4.69, 9.17) is 23.2 Å². The number of carbonyl (C=O) groups is 2. The molecule has 5 nitrogen and oxygen atoms in total. The number of nitrogens with one attached hydrogen (secondary N) is 2. The summed E-state index contributed by atoms with van der Waals surface area (Å²) in [5.41, 5.74) is 2.77. The summed E-state index contributed by atoms with van der Waals surface area (Å²) in [5.74, 6) is -0.785. The van der Waals surface area contributed by atoms with Crippen LogP contribution in [0.3, 0.4) is 0 Å². The number of aryl methyl sites for hydroxylation is 1. The molecule has 1 atom stereocenters. The first kappa shape index (κ1) is 21.3. The van der Waals surface area contributed by atoms with E-state index in [0.717, 1.165) is 22.9 Å². The smallest absolute Gasteiger partial charge is 0.234 e. The average molecular weight is 446 g/mol. The van der Waals surface area contributed by atoms with Crippen LogP contribution in [0.15, 0.2) is 53.1 Å². The van der Waals surface area contributed by atoms with Gasteiger partial charge in [0, 0.05) is 28.1 Å². The van der Waals surface area contributed by atoms with Gasteiger partial charge in [-0.25, -0.2) is 0 Å². The number of benzene rings is 2. The molecular weight excluding hydrogens is 429 g/mol. The van der Waals surface area contributed by atoms with Crippen molar-refractivity contribution in [1.82, 2.24) is 5.32 Å². The van der Waals surface area contributed by atoms with Crippen LogP contribution in [0.1, 0.15) is 23.5 Å². The second kappa shape index (κ2) is 9.36. The maximum absolute atomic E-state index is 12.3. The van der Waals surface area contributed by atoms with Crippen molar-refractivity contribution in [2.75, 3.05) is 11.1 Å². The van der Waals surface area contributed by atoms with Gasteiger partial charge in [-0.15, -0.1) is 0 Å². The quantitative estimate of drug-likeness (QED) is 0.677. The molecule has 2 N–H and O–H groups in total. The molecule has 1 aliphatic rings. The molecular formula is C21H17Cl2N3O2S. The predicted molar refractivity (Wildman–Crippen MR) is 117 cm³/mol. The lowest BCUT2D eigenvalue weighted by molar-refractivity contribution is -0.121. The maximum atomic E-state index is 12.3.